The summed E-state index contributed by atoms with van der Waals surface area (Å²) in [6, 6.07) is 0.600. The van der Waals surface area contributed by atoms with Gasteiger partial charge in [0.25, 0.3) is 0 Å². The predicted octanol–water partition coefficient (Wildman–Crippen LogP) is 2.51. The van der Waals surface area contributed by atoms with Gasteiger partial charge in [0.2, 0.25) is 0 Å². The van der Waals surface area contributed by atoms with Crippen LogP contribution in [0.3, 0.4) is 0 Å². The number of halogens is 1. The van der Waals surface area contributed by atoms with Crippen molar-refractivity contribution >= 4 is 11.6 Å². The molecule has 0 aromatic heterocycles. The van der Waals surface area contributed by atoms with E-state index < -0.39 is 0 Å². The van der Waals surface area contributed by atoms with E-state index in [-0.39, 0.29) is 0 Å². The highest BCUT2D eigenvalue weighted by molar-refractivity contribution is 6.18. The summed E-state index contributed by atoms with van der Waals surface area (Å²) >= 11 is 5.91. The topological polar surface area (TPSA) is 3.24 Å². The molecule has 0 aromatic rings. The van der Waals surface area contributed by atoms with Crippen molar-refractivity contribution in [1.29, 1.82) is 0 Å². The largest absolute Gasteiger partial charge is 0.295 e. The Morgan fingerprint density at radius 2 is 2.33 bits per heavy atom. The summed E-state index contributed by atoms with van der Waals surface area (Å²) in [4.78, 5) is 2.47. The molecule has 0 bridgehead atoms. The molecule has 1 rings (SSSR count). The average molecular weight is 188 g/mol. The maximum atomic E-state index is 5.91. The van der Waals surface area contributed by atoms with Crippen LogP contribution in [-0.2, 0) is 0 Å². The first kappa shape index (κ1) is 10.1. The molecule has 1 fully saturated rings. The Morgan fingerprint density at radius 1 is 1.58 bits per heavy atom. The van der Waals surface area contributed by atoms with E-state index in [4.69, 9.17) is 11.6 Å². The van der Waals surface area contributed by atoms with Crippen molar-refractivity contribution in [3.8, 4) is 0 Å². The number of alkyl halides is 1. The Morgan fingerprint density at radius 3 is 2.92 bits per heavy atom. The van der Waals surface area contributed by atoms with E-state index in [1.165, 1.54) is 13.0 Å². The summed E-state index contributed by atoms with van der Waals surface area (Å²) in [6.07, 6.45) is 5.61. The average Bonchev–Trinajstić information content (AvgIpc) is 2.43. The van der Waals surface area contributed by atoms with Crippen molar-refractivity contribution in [2.24, 2.45) is 5.92 Å². The summed E-state index contributed by atoms with van der Waals surface area (Å²) in [6.45, 7) is 6.64. The van der Waals surface area contributed by atoms with Crippen molar-refractivity contribution in [2.45, 2.75) is 26.3 Å². The molecule has 70 valence electrons. The number of allylic oxidation sites excluding steroid dienone is 1. The number of likely N-dealkylation sites (tertiary alicyclic amines) is 1. The molecule has 1 nitrogen and oxygen atoms in total. The summed E-state index contributed by atoms with van der Waals surface area (Å²) in [7, 11) is 0. The standard InChI is InChI=1S/C10H18ClN/c1-3-4-6-12-7-5-9(2)10(12)8-11/h3-4,9-10H,5-8H2,1-2H3/b4-3+. The Balaban J connectivity index is 2.42. The van der Waals surface area contributed by atoms with Gasteiger partial charge in [0.05, 0.1) is 0 Å². The minimum Gasteiger partial charge on any atom is -0.295 e. The Kier molecular flexibility index (Phi) is 4.10. The molecule has 0 amide bonds. The molecule has 0 spiro atoms. The van der Waals surface area contributed by atoms with Crippen LogP contribution in [-0.4, -0.2) is 29.9 Å². The predicted molar refractivity (Wildman–Crippen MR) is 54.7 cm³/mol. The van der Waals surface area contributed by atoms with Crippen LogP contribution in [0.4, 0.5) is 0 Å². The van der Waals surface area contributed by atoms with Crippen LogP contribution < -0.4 is 0 Å². The third-order valence-electron chi connectivity index (χ3n) is 2.73. The minimum atomic E-state index is 0.600. The molecule has 0 N–H and O–H groups in total. The zero-order valence-electron chi connectivity index (χ0n) is 7.96. The Labute approximate surface area is 80.4 Å². The number of hydrogen-bond donors (Lipinski definition) is 0. The van der Waals surface area contributed by atoms with Gasteiger partial charge in [0.15, 0.2) is 0 Å². The van der Waals surface area contributed by atoms with Crippen LogP contribution in [0, 0.1) is 5.92 Å². The molecular formula is C10H18ClN. The van der Waals surface area contributed by atoms with E-state index >= 15 is 0 Å². The number of rotatable bonds is 3. The van der Waals surface area contributed by atoms with Gasteiger partial charge in [-0.05, 0) is 25.8 Å². The first-order valence-electron chi connectivity index (χ1n) is 4.70. The van der Waals surface area contributed by atoms with E-state index in [1.807, 2.05) is 0 Å². The van der Waals surface area contributed by atoms with Crippen LogP contribution in [0.5, 0.6) is 0 Å². The van der Waals surface area contributed by atoms with Gasteiger partial charge in [-0.25, -0.2) is 0 Å². The van der Waals surface area contributed by atoms with E-state index in [2.05, 4.69) is 30.9 Å². The fourth-order valence-corrected chi connectivity index (χ4v) is 2.30. The van der Waals surface area contributed by atoms with E-state index in [1.54, 1.807) is 0 Å². The Bertz CT molecular complexity index is 156. The van der Waals surface area contributed by atoms with Crippen molar-refractivity contribution < 1.29 is 0 Å². The van der Waals surface area contributed by atoms with E-state index in [0.717, 1.165) is 18.3 Å². The molecule has 0 aromatic carbocycles. The Hall–Kier alpha value is -0.0100. The quantitative estimate of drug-likeness (QED) is 0.485. The van der Waals surface area contributed by atoms with Crippen LogP contribution >= 0.6 is 11.6 Å². The molecule has 1 heterocycles. The molecular weight excluding hydrogens is 170 g/mol. The van der Waals surface area contributed by atoms with E-state index in [0.29, 0.717) is 6.04 Å². The van der Waals surface area contributed by atoms with Crippen LogP contribution in [0.2, 0.25) is 0 Å². The third kappa shape index (κ3) is 2.24. The highest BCUT2D eigenvalue weighted by Crippen LogP contribution is 2.24. The highest BCUT2D eigenvalue weighted by atomic mass is 35.5. The summed E-state index contributed by atoms with van der Waals surface area (Å²) in [5, 5.41) is 0. The van der Waals surface area contributed by atoms with Gasteiger partial charge in [0.1, 0.15) is 0 Å². The van der Waals surface area contributed by atoms with Crippen LogP contribution in [0.25, 0.3) is 0 Å². The van der Waals surface area contributed by atoms with Gasteiger partial charge in [-0.3, -0.25) is 4.90 Å². The summed E-state index contributed by atoms with van der Waals surface area (Å²) in [5.41, 5.74) is 0. The molecule has 2 unspecified atom stereocenters. The molecule has 12 heavy (non-hydrogen) atoms. The lowest BCUT2D eigenvalue weighted by atomic mass is 10.1. The number of hydrogen-bond acceptors (Lipinski definition) is 1. The second kappa shape index (κ2) is 4.88. The second-order valence-corrected chi connectivity index (χ2v) is 3.86. The van der Waals surface area contributed by atoms with E-state index in [9.17, 15) is 0 Å². The molecule has 0 saturated carbocycles. The maximum Gasteiger partial charge on any atom is 0.0382 e. The zero-order valence-corrected chi connectivity index (χ0v) is 8.72. The first-order chi connectivity index (χ1) is 5.79. The molecule has 0 aliphatic carbocycles. The van der Waals surface area contributed by atoms with Gasteiger partial charge in [-0.1, -0.05) is 19.1 Å². The minimum absolute atomic E-state index is 0.600. The molecule has 0 radical (unpaired) electrons. The second-order valence-electron chi connectivity index (χ2n) is 3.55. The third-order valence-corrected chi connectivity index (χ3v) is 3.05. The summed E-state index contributed by atoms with van der Waals surface area (Å²) in [5.74, 6) is 1.55. The van der Waals surface area contributed by atoms with Crippen molar-refractivity contribution in [3.63, 3.8) is 0 Å². The smallest absolute Gasteiger partial charge is 0.0382 e. The fraction of sp³-hybridized carbons (Fsp3) is 0.800. The molecule has 1 aliphatic rings. The lowest BCUT2D eigenvalue weighted by Gasteiger charge is -2.23. The monoisotopic (exact) mass is 187 g/mol. The molecule has 2 heteroatoms. The maximum absolute atomic E-state index is 5.91. The SMILES string of the molecule is C/C=C/CN1CCC(C)C1CCl. The fourth-order valence-electron chi connectivity index (χ4n) is 1.80. The van der Waals surface area contributed by atoms with Gasteiger partial charge in [0, 0.05) is 18.5 Å². The lowest BCUT2D eigenvalue weighted by Crippen LogP contribution is -2.33. The van der Waals surface area contributed by atoms with Crippen molar-refractivity contribution in [3.05, 3.63) is 12.2 Å². The zero-order chi connectivity index (χ0) is 8.97. The normalized spacial score (nSPS) is 31.9. The van der Waals surface area contributed by atoms with Gasteiger partial charge in [-0.15, -0.1) is 11.6 Å². The number of nitrogens with zero attached hydrogens (tertiary/aromatic N) is 1. The first-order valence-corrected chi connectivity index (χ1v) is 5.24. The van der Waals surface area contributed by atoms with Crippen LogP contribution in [0.15, 0.2) is 12.2 Å². The van der Waals surface area contributed by atoms with Gasteiger partial charge >= 0.3 is 0 Å². The van der Waals surface area contributed by atoms with Crippen LogP contribution in [0.1, 0.15) is 20.3 Å². The highest BCUT2D eigenvalue weighted by Gasteiger charge is 2.28. The lowest BCUT2D eigenvalue weighted by molar-refractivity contribution is 0.276. The van der Waals surface area contributed by atoms with Gasteiger partial charge < -0.3 is 0 Å². The van der Waals surface area contributed by atoms with Crippen molar-refractivity contribution in [1.82, 2.24) is 4.90 Å². The summed E-state index contributed by atoms with van der Waals surface area (Å²) < 4.78 is 0. The molecule has 1 saturated heterocycles. The van der Waals surface area contributed by atoms with Gasteiger partial charge in [-0.2, -0.15) is 0 Å². The molecule has 1 aliphatic heterocycles. The van der Waals surface area contributed by atoms with Crippen molar-refractivity contribution in [2.75, 3.05) is 19.0 Å². The molecule has 2 atom stereocenters.